The maximum atomic E-state index is 11.4. The molecule has 17 heavy (non-hydrogen) atoms. The average Bonchev–Trinajstić information content (AvgIpc) is 2.76. The summed E-state index contributed by atoms with van der Waals surface area (Å²) in [4.78, 5) is 15.5. The van der Waals surface area contributed by atoms with Gasteiger partial charge in [0.05, 0.1) is 6.20 Å². The predicted molar refractivity (Wildman–Crippen MR) is 58.3 cm³/mol. The van der Waals surface area contributed by atoms with Gasteiger partial charge in [-0.05, 0) is 0 Å². The Morgan fingerprint density at radius 2 is 2.29 bits per heavy atom. The number of rotatable bonds is 0. The van der Waals surface area contributed by atoms with Gasteiger partial charge in [0.25, 0.3) is 0 Å². The molecule has 3 heterocycles. The van der Waals surface area contributed by atoms with Crippen molar-refractivity contribution in [3.63, 3.8) is 0 Å². The lowest BCUT2D eigenvalue weighted by atomic mass is 10.2. The molecule has 0 bridgehead atoms. The molecule has 6 nitrogen and oxygen atoms in total. The molecule has 2 aromatic rings. The first-order chi connectivity index (χ1) is 8.22. The first-order valence-corrected chi connectivity index (χ1v) is 5.11. The molecule has 0 spiro atoms. The van der Waals surface area contributed by atoms with Crippen LogP contribution in [0.4, 0.5) is 0 Å². The van der Waals surface area contributed by atoms with Crippen molar-refractivity contribution in [3.05, 3.63) is 34.4 Å². The van der Waals surface area contributed by atoms with Crippen molar-refractivity contribution in [1.82, 2.24) is 14.1 Å². The van der Waals surface area contributed by atoms with Gasteiger partial charge in [0, 0.05) is 25.4 Å². The highest BCUT2D eigenvalue weighted by atomic mass is 16.3. The summed E-state index contributed by atoms with van der Waals surface area (Å²) in [5.74, 6) is 0.145. The van der Waals surface area contributed by atoms with Gasteiger partial charge in [-0.25, -0.2) is 4.98 Å². The lowest BCUT2D eigenvalue weighted by Gasteiger charge is -2.21. The lowest BCUT2D eigenvalue weighted by molar-refractivity contribution is 0.452. The van der Waals surface area contributed by atoms with Gasteiger partial charge in [-0.1, -0.05) is 0 Å². The molecule has 3 rings (SSSR count). The molecule has 0 saturated carbocycles. The largest absolute Gasteiger partial charge is 0.503 e. The smallest absolute Gasteiger partial charge is 0.223 e. The van der Waals surface area contributed by atoms with E-state index in [1.165, 1.54) is 12.3 Å². The highest BCUT2D eigenvalue weighted by Crippen LogP contribution is 2.29. The van der Waals surface area contributed by atoms with Crippen LogP contribution in [0.25, 0.3) is 11.5 Å². The number of nitrogens with zero attached hydrogens (tertiary/aromatic N) is 4. The molecular weight excluding hydrogens is 220 g/mol. The third kappa shape index (κ3) is 1.19. The summed E-state index contributed by atoms with van der Waals surface area (Å²) in [6.45, 7) is 1.20. The normalized spacial score (nSPS) is 12.6. The van der Waals surface area contributed by atoms with E-state index in [-0.39, 0.29) is 5.75 Å². The van der Waals surface area contributed by atoms with Crippen LogP contribution in [0.5, 0.6) is 5.75 Å². The van der Waals surface area contributed by atoms with E-state index >= 15 is 0 Å². The van der Waals surface area contributed by atoms with Gasteiger partial charge in [0.2, 0.25) is 5.43 Å². The molecule has 0 atom stereocenters. The van der Waals surface area contributed by atoms with Crippen LogP contribution in [0.15, 0.2) is 23.3 Å². The number of aromatic hydroxyl groups is 1. The molecule has 84 valence electrons. The lowest BCUT2D eigenvalue weighted by Crippen LogP contribution is -2.21. The summed E-state index contributed by atoms with van der Waals surface area (Å²) < 4.78 is 3.47. The maximum Gasteiger partial charge on any atom is 0.223 e. The quantitative estimate of drug-likeness (QED) is 0.703. The number of pyridine rings is 1. The van der Waals surface area contributed by atoms with E-state index in [0.29, 0.717) is 30.3 Å². The second-order valence-corrected chi connectivity index (χ2v) is 3.80. The summed E-state index contributed by atoms with van der Waals surface area (Å²) in [5.41, 5.74) is 0.374. The van der Waals surface area contributed by atoms with E-state index < -0.39 is 5.43 Å². The molecule has 1 aliphatic heterocycles. The fourth-order valence-electron chi connectivity index (χ4n) is 2.07. The molecule has 0 saturated heterocycles. The molecule has 0 fully saturated rings. The number of imidazole rings is 1. The van der Waals surface area contributed by atoms with Gasteiger partial charge in [-0.2, -0.15) is 5.26 Å². The first-order valence-electron chi connectivity index (χ1n) is 5.11. The molecule has 0 amide bonds. The van der Waals surface area contributed by atoms with Crippen LogP contribution in [-0.4, -0.2) is 19.2 Å². The average molecular weight is 228 g/mol. The molecule has 0 aliphatic carbocycles. The molecule has 1 aliphatic rings. The third-order valence-electron chi connectivity index (χ3n) is 2.90. The Morgan fingerprint density at radius 1 is 1.47 bits per heavy atom. The summed E-state index contributed by atoms with van der Waals surface area (Å²) in [6.07, 6.45) is 3.07. The number of nitriles is 1. The van der Waals surface area contributed by atoms with Crippen molar-refractivity contribution in [2.75, 3.05) is 0 Å². The molecule has 0 aromatic carbocycles. The van der Waals surface area contributed by atoms with E-state index in [1.807, 2.05) is 6.07 Å². The Labute approximate surface area is 96.0 Å². The highest BCUT2D eigenvalue weighted by molar-refractivity contribution is 5.61. The SMILES string of the molecule is N#Cc1cnc2n1CCn1ccc(=O)c(O)c1-2. The van der Waals surface area contributed by atoms with E-state index in [2.05, 4.69) is 4.98 Å². The Morgan fingerprint density at radius 3 is 3.06 bits per heavy atom. The Hall–Kier alpha value is -2.55. The van der Waals surface area contributed by atoms with Crippen LogP contribution >= 0.6 is 0 Å². The molecule has 6 heteroatoms. The zero-order valence-electron chi connectivity index (χ0n) is 8.79. The van der Waals surface area contributed by atoms with Gasteiger partial charge >= 0.3 is 0 Å². The molecule has 2 aromatic heterocycles. The van der Waals surface area contributed by atoms with Gasteiger partial charge < -0.3 is 14.2 Å². The summed E-state index contributed by atoms with van der Waals surface area (Å²) >= 11 is 0. The number of fused-ring (bicyclic) bond motifs is 3. The van der Waals surface area contributed by atoms with E-state index in [9.17, 15) is 9.90 Å². The number of hydrogen-bond donors (Lipinski definition) is 1. The highest BCUT2D eigenvalue weighted by Gasteiger charge is 2.23. The van der Waals surface area contributed by atoms with Gasteiger partial charge in [-0.3, -0.25) is 4.79 Å². The minimum Gasteiger partial charge on any atom is -0.503 e. The summed E-state index contributed by atoms with van der Waals surface area (Å²) in [6, 6.07) is 3.35. The Bertz CT molecular complexity index is 705. The van der Waals surface area contributed by atoms with Crippen molar-refractivity contribution in [3.8, 4) is 23.3 Å². The van der Waals surface area contributed by atoms with Crippen LogP contribution in [-0.2, 0) is 13.1 Å². The Kier molecular flexibility index (Phi) is 1.83. The van der Waals surface area contributed by atoms with Crippen molar-refractivity contribution in [2.45, 2.75) is 13.1 Å². The Balaban J connectivity index is 2.37. The van der Waals surface area contributed by atoms with Gasteiger partial charge in [0.1, 0.15) is 17.5 Å². The third-order valence-corrected chi connectivity index (χ3v) is 2.90. The molecule has 0 radical (unpaired) electrons. The van der Waals surface area contributed by atoms with Crippen LogP contribution in [0.2, 0.25) is 0 Å². The van der Waals surface area contributed by atoms with E-state index in [4.69, 9.17) is 5.26 Å². The number of hydrogen-bond acceptors (Lipinski definition) is 4. The van der Waals surface area contributed by atoms with Crippen LogP contribution in [0, 0.1) is 11.3 Å². The molecule has 1 N–H and O–H groups in total. The zero-order chi connectivity index (χ0) is 12.0. The molecule has 0 unspecified atom stereocenters. The standard InChI is InChI=1S/C11H8N4O2/c12-5-7-6-13-11-9-10(17)8(16)1-2-14(9)3-4-15(7)11/h1-2,6,17H,3-4H2. The fraction of sp³-hybridized carbons (Fsp3) is 0.182. The maximum absolute atomic E-state index is 11.4. The van der Waals surface area contributed by atoms with Crippen molar-refractivity contribution >= 4 is 0 Å². The minimum absolute atomic E-state index is 0.316. The predicted octanol–water partition coefficient (Wildman–Crippen LogP) is 0.303. The van der Waals surface area contributed by atoms with Crippen LogP contribution < -0.4 is 5.43 Å². The minimum atomic E-state index is -0.439. The van der Waals surface area contributed by atoms with Gasteiger partial charge in [-0.15, -0.1) is 0 Å². The molecular formula is C11H8N4O2. The van der Waals surface area contributed by atoms with Crippen molar-refractivity contribution in [1.29, 1.82) is 5.26 Å². The fourth-order valence-corrected chi connectivity index (χ4v) is 2.07. The van der Waals surface area contributed by atoms with Crippen molar-refractivity contribution in [2.24, 2.45) is 0 Å². The number of aryl methyl sites for hydroxylation is 1. The second-order valence-electron chi connectivity index (χ2n) is 3.80. The van der Waals surface area contributed by atoms with E-state index in [1.54, 1.807) is 15.3 Å². The zero-order valence-corrected chi connectivity index (χ0v) is 8.79. The number of aromatic nitrogens is 3. The van der Waals surface area contributed by atoms with Crippen LogP contribution in [0.3, 0.4) is 0 Å². The van der Waals surface area contributed by atoms with Gasteiger partial charge in [0.15, 0.2) is 11.6 Å². The van der Waals surface area contributed by atoms with E-state index in [0.717, 1.165) is 0 Å². The monoisotopic (exact) mass is 228 g/mol. The summed E-state index contributed by atoms with van der Waals surface area (Å²) in [5, 5.41) is 18.7. The topological polar surface area (TPSA) is 83.8 Å². The van der Waals surface area contributed by atoms with Crippen molar-refractivity contribution < 1.29 is 5.11 Å². The van der Waals surface area contributed by atoms with Crippen LogP contribution in [0.1, 0.15) is 5.69 Å². The summed E-state index contributed by atoms with van der Waals surface area (Å²) in [7, 11) is 0. The first kappa shape index (κ1) is 9.66. The second kappa shape index (κ2) is 3.22.